The lowest BCUT2D eigenvalue weighted by atomic mass is 9.92. The third kappa shape index (κ3) is 3.24. The highest BCUT2D eigenvalue weighted by Gasteiger charge is 2.30. The standard InChI is InChI=1S/C20H25N5/c1-15-9-11-25(12-16-6-4-3-5-7-16)13-18(15)24(2)20-17-8-10-21-19(17)22-14-23-20/h3-8,10,14-15,18H,9,11-13H2,1-2H3,(H,21,22,23)/t15?,18-/m0/s1. The van der Waals surface area contributed by atoms with Crippen LogP contribution in [0.4, 0.5) is 5.82 Å². The van der Waals surface area contributed by atoms with Crippen LogP contribution in [0.5, 0.6) is 0 Å². The van der Waals surface area contributed by atoms with Crippen molar-refractivity contribution in [2.75, 3.05) is 25.0 Å². The number of likely N-dealkylation sites (tertiary alicyclic amines) is 1. The summed E-state index contributed by atoms with van der Waals surface area (Å²) in [5.41, 5.74) is 2.29. The van der Waals surface area contributed by atoms with Gasteiger partial charge in [0.15, 0.2) is 0 Å². The van der Waals surface area contributed by atoms with Crippen LogP contribution in [0.25, 0.3) is 11.0 Å². The number of nitrogens with zero attached hydrogens (tertiary/aromatic N) is 4. The predicted molar refractivity (Wildman–Crippen MR) is 102 cm³/mol. The van der Waals surface area contributed by atoms with E-state index < -0.39 is 0 Å². The number of likely N-dealkylation sites (N-methyl/N-ethyl adjacent to an activating group) is 1. The maximum atomic E-state index is 4.57. The predicted octanol–water partition coefficient (Wildman–Crippen LogP) is 3.30. The van der Waals surface area contributed by atoms with Crippen LogP contribution in [0.1, 0.15) is 18.9 Å². The Balaban J connectivity index is 1.54. The Labute approximate surface area is 148 Å². The molecule has 0 saturated carbocycles. The van der Waals surface area contributed by atoms with Crippen LogP contribution in [-0.4, -0.2) is 46.0 Å². The number of benzene rings is 1. The largest absolute Gasteiger partial charge is 0.354 e. The Kier molecular flexibility index (Phi) is 4.40. The molecule has 0 spiro atoms. The molecule has 1 fully saturated rings. The molecule has 1 aliphatic heterocycles. The molecule has 3 aromatic rings. The molecule has 1 unspecified atom stereocenters. The summed E-state index contributed by atoms with van der Waals surface area (Å²) in [5.74, 6) is 1.66. The van der Waals surface area contributed by atoms with Gasteiger partial charge in [0.25, 0.3) is 0 Å². The van der Waals surface area contributed by atoms with Crippen LogP contribution < -0.4 is 4.90 Å². The zero-order valence-corrected chi connectivity index (χ0v) is 14.9. The summed E-state index contributed by atoms with van der Waals surface area (Å²) in [4.78, 5) is 17.0. The molecule has 25 heavy (non-hydrogen) atoms. The number of aromatic nitrogens is 3. The average molecular weight is 335 g/mol. The van der Waals surface area contributed by atoms with Crippen molar-refractivity contribution in [3.05, 3.63) is 54.5 Å². The lowest BCUT2D eigenvalue weighted by Crippen LogP contribution is -2.50. The van der Waals surface area contributed by atoms with E-state index in [2.05, 4.69) is 75.1 Å². The zero-order valence-electron chi connectivity index (χ0n) is 14.9. The van der Waals surface area contributed by atoms with Crippen molar-refractivity contribution < 1.29 is 0 Å². The Bertz CT molecular complexity index is 828. The maximum absolute atomic E-state index is 4.57. The maximum Gasteiger partial charge on any atom is 0.142 e. The number of nitrogens with one attached hydrogen (secondary N) is 1. The van der Waals surface area contributed by atoms with E-state index in [1.54, 1.807) is 6.33 Å². The number of anilines is 1. The average Bonchev–Trinajstić information content (AvgIpc) is 3.12. The topological polar surface area (TPSA) is 48.1 Å². The van der Waals surface area contributed by atoms with Crippen molar-refractivity contribution >= 4 is 16.9 Å². The monoisotopic (exact) mass is 335 g/mol. The van der Waals surface area contributed by atoms with E-state index in [0.717, 1.165) is 36.5 Å². The fourth-order valence-electron chi connectivity index (χ4n) is 3.90. The molecule has 0 bridgehead atoms. The van der Waals surface area contributed by atoms with Crippen LogP contribution in [0.3, 0.4) is 0 Å². The number of hydrogen-bond acceptors (Lipinski definition) is 4. The Morgan fingerprint density at radius 3 is 2.88 bits per heavy atom. The smallest absolute Gasteiger partial charge is 0.142 e. The first-order valence-corrected chi connectivity index (χ1v) is 8.99. The van der Waals surface area contributed by atoms with Crippen LogP contribution in [0, 0.1) is 5.92 Å². The van der Waals surface area contributed by atoms with Crippen molar-refractivity contribution in [1.82, 2.24) is 19.9 Å². The zero-order chi connectivity index (χ0) is 17.2. The summed E-state index contributed by atoms with van der Waals surface area (Å²) < 4.78 is 0. The van der Waals surface area contributed by atoms with E-state index in [1.165, 1.54) is 12.0 Å². The first-order valence-electron chi connectivity index (χ1n) is 8.99. The molecule has 0 aliphatic carbocycles. The van der Waals surface area contributed by atoms with E-state index in [0.29, 0.717) is 12.0 Å². The molecular weight excluding hydrogens is 310 g/mol. The van der Waals surface area contributed by atoms with E-state index in [9.17, 15) is 0 Å². The molecule has 0 radical (unpaired) electrons. The molecule has 1 aliphatic rings. The number of rotatable bonds is 4. The van der Waals surface area contributed by atoms with E-state index in [1.807, 2.05) is 6.20 Å². The van der Waals surface area contributed by atoms with Gasteiger partial charge in [-0.1, -0.05) is 37.3 Å². The van der Waals surface area contributed by atoms with Gasteiger partial charge >= 0.3 is 0 Å². The van der Waals surface area contributed by atoms with Crippen molar-refractivity contribution in [3.8, 4) is 0 Å². The molecule has 5 nitrogen and oxygen atoms in total. The van der Waals surface area contributed by atoms with Crippen molar-refractivity contribution in [3.63, 3.8) is 0 Å². The van der Waals surface area contributed by atoms with Crippen LogP contribution >= 0.6 is 0 Å². The van der Waals surface area contributed by atoms with Gasteiger partial charge in [-0.05, 0) is 30.5 Å². The normalized spacial score (nSPS) is 21.5. The highest BCUT2D eigenvalue weighted by atomic mass is 15.3. The summed E-state index contributed by atoms with van der Waals surface area (Å²) in [7, 11) is 2.17. The highest BCUT2D eigenvalue weighted by molar-refractivity contribution is 5.87. The Morgan fingerprint density at radius 2 is 2.04 bits per heavy atom. The summed E-state index contributed by atoms with van der Waals surface area (Å²) in [6.45, 7) is 5.59. The third-order valence-electron chi connectivity index (χ3n) is 5.42. The van der Waals surface area contributed by atoms with E-state index in [-0.39, 0.29) is 0 Å². The minimum Gasteiger partial charge on any atom is -0.354 e. The molecule has 2 atom stereocenters. The molecule has 4 rings (SSSR count). The van der Waals surface area contributed by atoms with Gasteiger partial charge in [-0.2, -0.15) is 0 Å². The minimum atomic E-state index is 0.450. The molecule has 5 heteroatoms. The van der Waals surface area contributed by atoms with Gasteiger partial charge < -0.3 is 9.88 Å². The van der Waals surface area contributed by atoms with Gasteiger partial charge in [0.05, 0.1) is 5.39 Å². The molecule has 1 saturated heterocycles. The lowest BCUT2D eigenvalue weighted by molar-refractivity contribution is 0.159. The SMILES string of the molecule is CC1CCN(Cc2ccccc2)C[C@@H]1N(C)c1ncnc2[nH]ccc12. The van der Waals surface area contributed by atoms with Gasteiger partial charge in [-0.25, -0.2) is 9.97 Å². The van der Waals surface area contributed by atoms with E-state index in [4.69, 9.17) is 0 Å². The summed E-state index contributed by atoms with van der Waals surface area (Å²) >= 11 is 0. The van der Waals surface area contributed by atoms with Crippen LogP contribution in [0.2, 0.25) is 0 Å². The third-order valence-corrected chi connectivity index (χ3v) is 5.42. The number of piperidine rings is 1. The second kappa shape index (κ2) is 6.84. The first kappa shape index (κ1) is 16.1. The highest BCUT2D eigenvalue weighted by Crippen LogP contribution is 2.29. The number of H-pyrrole nitrogens is 1. The van der Waals surface area contributed by atoms with Crippen molar-refractivity contribution in [1.29, 1.82) is 0 Å². The number of fused-ring (bicyclic) bond motifs is 1. The number of hydrogen-bond donors (Lipinski definition) is 1. The first-order chi connectivity index (χ1) is 12.2. The Morgan fingerprint density at radius 1 is 1.20 bits per heavy atom. The molecule has 1 N–H and O–H groups in total. The van der Waals surface area contributed by atoms with Gasteiger partial charge in [-0.3, -0.25) is 4.90 Å². The summed E-state index contributed by atoms with van der Waals surface area (Å²) in [5, 5.41) is 1.09. The quantitative estimate of drug-likeness (QED) is 0.795. The molecular formula is C20H25N5. The van der Waals surface area contributed by atoms with Crippen molar-refractivity contribution in [2.24, 2.45) is 5.92 Å². The Hall–Kier alpha value is -2.40. The fraction of sp³-hybridized carbons (Fsp3) is 0.400. The van der Waals surface area contributed by atoms with Gasteiger partial charge in [0.1, 0.15) is 17.8 Å². The molecule has 3 heterocycles. The van der Waals surface area contributed by atoms with Crippen LogP contribution in [-0.2, 0) is 6.54 Å². The summed E-state index contributed by atoms with van der Waals surface area (Å²) in [6.07, 6.45) is 4.80. The minimum absolute atomic E-state index is 0.450. The second-order valence-corrected chi connectivity index (χ2v) is 7.10. The summed E-state index contributed by atoms with van der Waals surface area (Å²) in [6, 6.07) is 13.3. The lowest BCUT2D eigenvalue weighted by Gasteiger charge is -2.42. The van der Waals surface area contributed by atoms with Crippen molar-refractivity contribution in [2.45, 2.75) is 25.9 Å². The van der Waals surface area contributed by atoms with Crippen LogP contribution in [0.15, 0.2) is 48.9 Å². The van der Waals surface area contributed by atoms with Gasteiger partial charge in [0.2, 0.25) is 0 Å². The fourth-order valence-corrected chi connectivity index (χ4v) is 3.90. The van der Waals surface area contributed by atoms with E-state index >= 15 is 0 Å². The molecule has 1 aromatic carbocycles. The molecule has 130 valence electrons. The van der Waals surface area contributed by atoms with Gasteiger partial charge in [0, 0.05) is 32.4 Å². The second-order valence-electron chi connectivity index (χ2n) is 7.10. The number of aromatic amines is 1. The van der Waals surface area contributed by atoms with Gasteiger partial charge in [-0.15, -0.1) is 0 Å². The molecule has 0 amide bonds. The molecule has 2 aromatic heterocycles.